The highest BCUT2D eigenvalue weighted by molar-refractivity contribution is 14.1. The van der Waals surface area contributed by atoms with Crippen LogP contribution in [0.1, 0.15) is 46.8 Å². The molecule has 36 heavy (non-hydrogen) atoms. The SMILES string of the molecule is CCOC(=O)C1=C(C)NC2=C(C(=O)c3ccccc32)[C@H]1c1ccc(OCc2ccc(Br)cc2)c(I)c1. The third kappa shape index (κ3) is 4.50. The molecule has 0 bridgehead atoms. The molecule has 0 unspecified atom stereocenters. The largest absolute Gasteiger partial charge is 0.488 e. The van der Waals surface area contributed by atoms with Gasteiger partial charge in [0.25, 0.3) is 0 Å². The number of carbonyl (C=O) groups is 2. The Morgan fingerprint density at radius 1 is 1.06 bits per heavy atom. The van der Waals surface area contributed by atoms with Crippen LogP contribution >= 0.6 is 38.5 Å². The number of hydrogen-bond acceptors (Lipinski definition) is 5. The third-order valence-electron chi connectivity index (χ3n) is 6.34. The third-order valence-corrected chi connectivity index (χ3v) is 7.71. The number of allylic oxidation sites excluding steroid dienone is 2. The van der Waals surface area contributed by atoms with Gasteiger partial charge in [0.1, 0.15) is 12.4 Å². The van der Waals surface area contributed by atoms with E-state index in [1.807, 2.05) is 73.7 Å². The minimum absolute atomic E-state index is 0.0713. The summed E-state index contributed by atoms with van der Waals surface area (Å²) in [6.07, 6.45) is 0. The van der Waals surface area contributed by atoms with Crippen LogP contribution in [0.15, 0.2) is 88.0 Å². The predicted octanol–water partition coefficient (Wildman–Crippen LogP) is 6.76. The molecule has 1 aliphatic carbocycles. The van der Waals surface area contributed by atoms with Crippen LogP contribution in [0.25, 0.3) is 5.70 Å². The maximum absolute atomic E-state index is 13.6. The molecule has 182 valence electrons. The zero-order chi connectivity index (χ0) is 25.4. The number of rotatable bonds is 6. The number of fused-ring (bicyclic) bond motifs is 2. The first-order valence-electron chi connectivity index (χ1n) is 11.6. The highest BCUT2D eigenvalue weighted by Gasteiger charge is 2.43. The molecule has 0 amide bonds. The van der Waals surface area contributed by atoms with Crippen LogP contribution in [0.2, 0.25) is 0 Å². The average Bonchev–Trinajstić information content (AvgIpc) is 3.15. The number of benzene rings is 3. The molecule has 2 aliphatic rings. The molecule has 1 aliphatic heterocycles. The summed E-state index contributed by atoms with van der Waals surface area (Å²) < 4.78 is 13.4. The van der Waals surface area contributed by atoms with E-state index in [0.29, 0.717) is 29.0 Å². The van der Waals surface area contributed by atoms with Crippen LogP contribution in [0.4, 0.5) is 0 Å². The Kier molecular flexibility index (Phi) is 7.03. The second kappa shape index (κ2) is 10.2. The molecular formula is C29H23BrINO4. The second-order valence-electron chi connectivity index (χ2n) is 8.59. The van der Waals surface area contributed by atoms with Crippen LogP contribution in [0, 0.1) is 3.57 Å². The van der Waals surface area contributed by atoms with Crippen molar-refractivity contribution in [2.75, 3.05) is 6.61 Å². The summed E-state index contributed by atoms with van der Waals surface area (Å²) in [6, 6.07) is 21.4. The van der Waals surface area contributed by atoms with Gasteiger partial charge >= 0.3 is 5.97 Å². The normalized spacial score (nSPS) is 16.4. The first kappa shape index (κ1) is 24.8. The summed E-state index contributed by atoms with van der Waals surface area (Å²) in [5.41, 5.74) is 5.87. The summed E-state index contributed by atoms with van der Waals surface area (Å²) in [7, 11) is 0. The van der Waals surface area contributed by atoms with E-state index in [4.69, 9.17) is 9.47 Å². The molecule has 1 N–H and O–H groups in total. The van der Waals surface area contributed by atoms with Crippen LogP contribution in [-0.2, 0) is 16.1 Å². The van der Waals surface area contributed by atoms with Gasteiger partial charge in [0.2, 0.25) is 0 Å². The van der Waals surface area contributed by atoms with Gasteiger partial charge in [-0.15, -0.1) is 0 Å². The van der Waals surface area contributed by atoms with Gasteiger partial charge in [-0.25, -0.2) is 4.79 Å². The molecule has 5 nitrogen and oxygen atoms in total. The number of ether oxygens (including phenoxy) is 2. The fourth-order valence-corrected chi connectivity index (χ4v) is 5.66. The molecule has 0 saturated heterocycles. The smallest absolute Gasteiger partial charge is 0.336 e. The van der Waals surface area contributed by atoms with Crippen molar-refractivity contribution < 1.29 is 19.1 Å². The Morgan fingerprint density at radius 3 is 2.47 bits per heavy atom. The standard InChI is InChI=1S/C29H23BrINO4/c1-3-35-29(34)24-16(2)32-27-20-6-4-5-7-21(20)28(33)26(27)25(24)18-10-13-23(22(31)14-18)36-15-17-8-11-19(30)12-9-17/h4-14,25,32H,3,15H2,1-2H3/t25-/m0/s1. The van der Waals surface area contributed by atoms with Gasteiger partial charge in [0.05, 0.1) is 21.4 Å². The molecule has 1 heterocycles. The van der Waals surface area contributed by atoms with Gasteiger partial charge in [-0.3, -0.25) is 4.79 Å². The quantitative estimate of drug-likeness (QED) is 0.235. The highest BCUT2D eigenvalue weighted by atomic mass is 127. The van der Waals surface area contributed by atoms with Crippen LogP contribution in [0.3, 0.4) is 0 Å². The fraction of sp³-hybridized carbons (Fsp3) is 0.172. The number of nitrogens with one attached hydrogen (secondary N) is 1. The van der Waals surface area contributed by atoms with Crippen molar-refractivity contribution >= 4 is 56.0 Å². The predicted molar refractivity (Wildman–Crippen MR) is 151 cm³/mol. The molecular weight excluding hydrogens is 633 g/mol. The average molecular weight is 656 g/mol. The topological polar surface area (TPSA) is 64.6 Å². The van der Waals surface area contributed by atoms with Crippen molar-refractivity contribution in [3.8, 4) is 5.75 Å². The van der Waals surface area contributed by atoms with E-state index in [9.17, 15) is 9.59 Å². The van der Waals surface area contributed by atoms with E-state index in [-0.39, 0.29) is 12.4 Å². The zero-order valence-corrected chi connectivity index (χ0v) is 23.5. The number of Topliss-reactive ketones (excluding diaryl/α,β-unsaturated/α-hetero) is 1. The van der Waals surface area contributed by atoms with Gasteiger partial charge in [0, 0.05) is 32.8 Å². The summed E-state index contributed by atoms with van der Waals surface area (Å²) in [5, 5.41) is 3.33. The van der Waals surface area contributed by atoms with Crippen molar-refractivity contribution in [3.05, 3.63) is 114 Å². The first-order chi connectivity index (χ1) is 17.4. The maximum atomic E-state index is 13.6. The van der Waals surface area contributed by atoms with E-state index in [1.54, 1.807) is 6.92 Å². The summed E-state index contributed by atoms with van der Waals surface area (Å²) in [5.74, 6) is -0.301. The molecule has 0 aromatic heterocycles. The van der Waals surface area contributed by atoms with Crippen LogP contribution in [-0.4, -0.2) is 18.4 Å². The molecule has 7 heteroatoms. The second-order valence-corrected chi connectivity index (χ2v) is 10.7. The number of ketones is 1. The van der Waals surface area contributed by atoms with E-state index in [1.165, 1.54) is 0 Å². The monoisotopic (exact) mass is 655 g/mol. The molecule has 1 atom stereocenters. The summed E-state index contributed by atoms with van der Waals surface area (Å²) in [4.78, 5) is 26.7. The van der Waals surface area contributed by atoms with Crippen molar-refractivity contribution in [2.45, 2.75) is 26.4 Å². The van der Waals surface area contributed by atoms with Crippen molar-refractivity contribution in [1.82, 2.24) is 5.32 Å². The Morgan fingerprint density at radius 2 is 1.78 bits per heavy atom. The van der Waals surface area contributed by atoms with Crippen molar-refractivity contribution in [1.29, 1.82) is 0 Å². The summed E-state index contributed by atoms with van der Waals surface area (Å²) >= 11 is 5.69. The summed E-state index contributed by atoms with van der Waals surface area (Å²) in [6.45, 7) is 4.32. The van der Waals surface area contributed by atoms with Crippen LogP contribution < -0.4 is 10.1 Å². The Labute approximate surface area is 231 Å². The lowest BCUT2D eigenvalue weighted by molar-refractivity contribution is -0.138. The zero-order valence-electron chi connectivity index (χ0n) is 19.7. The van der Waals surface area contributed by atoms with E-state index in [0.717, 1.165) is 36.2 Å². The Hall–Kier alpha value is -2.91. The number of dihydropyridines is 1. The lowest BCUT2D eigenvalue weighted by Gasteiger charge is -2.29. The van der Waals surface area contributed by atoms with Gasteiger partial charge in [0.15, 0.2) is 5.78 Å². The van der Waals surface area contributed by atoms with E-state index < -0.39 is 11.9 Å². The van der Waals surface area contributed by atoms with Gasteiger partial charge < -0.3 is 14.8 Å². The fourth-order valence-electron chi connectivity index (χ4n) is 4.70. The van der Waals surface area contributed by atoms with Crippen molar-refractivity contribution in [2.24, 2.45) is 0 Å². The number of hydrogen-bond donors (Lipinski definition) is 1. The molecule has 5 rings (SSSR count). The number of carbonyl (C=O) groups excluding carboxylic acids is 2. The number of halogens is 2. The highest BCUT2D eigenvalue weighted by Crippen LogP contribution is 2.47. The van der Waals surface area contributed by atoms with E-state index >= 15 is 0 Å². The van der Waals surface area contributed by atoms with Gasteiger partial charge in [-0.05, 0) is 71.8 Å². The van der Waals surface area contributed by atoms with Gasteiger partial charge in [-0.2, -0.15) is 0 Å². The molecule has 3 aromatic rings. The minimum Gasteiger partial charge on any atom is -0.488 e. The Bertz CT molecular complexity index is 1440. The molecule has 0 radical (unpaired) electrons. The molecule has 0 fully saturated rings. The molecule has 3 aromatic carbocycles. The molecule has 0 spiro atoms. The molecule has 0 saturated carbocycles. The maximum Gasteiger partial charge on any atom is 0.336 e. The van der Waals surface area contributed by atoms with Crippen LogP contribution in [0.5, 0.6) is 5.75 Å². The van der Waals surface area contributed by atoms with Crippen molar-refractivity contribution in [3.63, 3.8) is 0 Å². The lowest BCUT2D eigenvalue weighted by Crippen LogP contribution is -2.29. The lowest BCUT2D eigenvalue weighted by atomic mass is 9.80. The Balaban J connectivity index is 1.53. The first-order valence-corrected chi connectivity index (χ1v) is 13.5. The minimum atomic E-state index is -0.547. The van der Waals surface area contributed by atoms with E-state index in [2.05, 4.69) is 43.8 Å². The van der Waals surface area contributed by atoms with Gasteiger partial charge in [-0.1, -0.05) is 58.4 Å². The number of esters is 1.